The first-order valence-electron chi connectivity index (χ1n) is 8.66. The first-order valence-corrected chi connectivity index (χ1v) is 8.66. The third-order valence-corrected chi connectivity index (χ3v) is 3.71. The third kappa shape index (κ3) is 7.85. The average molecular weight is 486 g/mol. The maximum atomic E-state index is 12.0. The van der Waals surface area contributed by atoms with Gasteiger partial charge in [0, 0.05) is 38.4 Å². The molecular weight excluding hydrogens is 459 g/mol. The van der Waals surface area contributed by atoms with E-state index < -0.39 is 0 Å². The molecule has 8 nitrogen and oxygen atoms in total. The Morgan fingerprint density at radius 1 is 1.22 bits per heavy atom. The number of aliphatic imine (C=N–C) groups is 1. The van der Waals surface area contributed by atoms with Crippen LogP contribution in [-0.2, 0) is 13.6 Å². The van der Waals surface area contributed by atoms with Gasteiger partial charge in [0.25, 0.3) is 5.91 Å². The summed E-state index contributed by atoms with van der Waals surface area (Å²) in [4.78, 5) is 16.5. The minimum Gasteiger partial charge on any atom is -0.508 e. The molecule has 0 aliphatic carbocycles. The van der Waals surface area contributed by atoms with Gasteiger partial charge in [0.05, 0.1) is 12.2 Å². The highest BCUT2D eigenvalue weighted by atomic mass is 127. The Morgan fingerprint density at radius 3 is 2.67 bits per heavy atom. The molecule has 2 rings (SSSR count). The van der Waals surface area contributed by atoms with Gasteiger partial charge in [-0.15, -0.1) is 24.0 Å². The van der Waals surface area contributed by atoms with Crippen molar-refractivity contribution in [2.45, 2.75) is 19.9 Å². The van der Waals surface area contributed by atoms with Crippen molar-refractivity contribution in [2.75, 3.05) is 19.6 Å². The Labute approximate surface area is 176 Å². The van der Waals surface area contributed by atoms with Crippen LogP contribution in [0.15, 0.2) is 41.5 Å². The molecule has 0 radical (unpaired) electrons. The number of aromatic nitrogens is 2. The number of hydrogen-bond acceptors (Lipinski definition) is 4. The van der Waals surface area contributed by atoms with Crippen LogP contribution < -0.4 is 16.0 Å². The van der Waals surface area contributed by atoms with E-state index >= 15 is 0 Å². The predicted molar refractivity (Wildman–Crippen MR) is 116 cm³/mol. The fourth-order valence-electron chi connectivity index (χ4n) is 2.30. The van der Waals surface area contributed by atoms with Crippen LogP contribution in [0.1, 0.15) is 29.4 Å². The number of phenols is 1. The number of aryl methyl sites for hydroxylation is 1. The second kappa shape index (κ2) is 12.2. The van der Waals surface area contributed by atoms with Crippen molar-refractivity contribution < 1.29 is 9.90 Å². The summed E-state index contributed by atoms with van der Waals surface area (Å²) in [6.45, 7) is 4.53. The molecule has 0 aliphatic rings. The van der Waals surface area contributed by atoms with E-state index in [0.29, 0.717) is 25.2 Å². The fraction of sp³-hybridized carbons (Fsp3) is 0.389. The van der Waals surface area contributed by atoms with Crippen molar-refractivity contribution in [1.82, 2.24) is 25.7 Å². The molecule has 4 N–H and O–H groups in total. The van der Waals surface area contributed by atoms with Gasteiger partial charge in [-0.3, -0.25) is 9.48 Å². The van der Waals surface area contributed by atoms with Gasteiger partial charge in [0.1, 0.15) is 5.75 Å². The van der Waals surface area contributed by atoms with Crippen LogP contribution in [0.3, 0.4) is 0 Å². The van der Waals surface area contributed by atoms with Gasteiger partial charge in [-0.2, -0.15) is 5.10 Å². The lowest BCUT2D eigenvalue weighted by molar-refractivity contribution is 0.0953. The number of nitrogens with zero attached hydrogens (tertiary/aromatic N) is 3. The fourth-order valence-corrected chi connectivity index (χ4v) is 2.30. The maximum Gasteiger partial charge on any atom is 0.251 e. The lowest BCUT2D eigenvalue weighted by Gasteiger charge is -2.11. The SMILES string of the molecule is CCNC(=NCc1ccnn1C)NCCCNC(=O)c1cccc(O)c1.I. The van der Waals surface area contributed by atoms with Crippen LogP contribution in [0.2, 0.25) is 0 Å². The summed E-state index contributed by atoms with van der Waals surface area (Å²) in [5.41, 5.74) is 1.48. The lowest BCUT2D eigenvalue weighted by atomic mass is 10.2. The highest BCUT2D eigenvalue weighted by molar-refractivity contribution is 14.0. The highest BCUT2D eigenvalue weighted by Gasteiger charge is 2.05. The summed E-state index contributed by atoms with van der Waals surface area (Å²) in [6, 6.07) is 8.23. The number of aromatic hydroxyl groups is 1. The molecule has 0 atom stereocenters. The first-order chi connectivity index (χ1) is 12.6. The van der Waals surface area contributed by atoms with E-state index in [2.05, 4.69) is 26.0 Å². The minimum absolute atomic E-state index is 0. The molecule has 0 aliphatic heterocycles. The van der Waals surface area contributed by atoms with Gasteiger partial charge in [-0.1, -0.05) is 6.07 Å². The van der Waals surface area contributed by atoms with Gasteiger partial charge in [0.2, 0.25) is 0 Å². The molecule has 0 spiro atoms. The van der Waals surface area contributed by atoms with Gasteiger partial charge < -0.3 is 21.1 Å². The topological polar surface area (TPSA) is 104 Å². The van der Waals surface area contributed by atoms with Gasteiger partial charge in [-0.05, 0) is 37.6 Å². The van der Waals surface area contributed by atoms with Crippen molar-refractivity contribution >= 4 is 35.8 Å². The standard InChI is InChI=1S/C18H26N6O2.HI/c1-3-19-18(22-13-15-8-11-23-24(15)2)21-10-5-9-20-17(26)14-6-4-7-16(25)12-14;/h4,6-8,11-12,25H,3,5,9-10,13H2,1-2H3,(H,20,26)(H2,19,21,22);1H. The average Bonchev–Trinajstić information content (AvgIpc) is 3.04. The molecule has 0 saturated heterocycles. The molecule has 27 heavy (non-hydrogen) atoms. The molecule has 1 amide bonds. The molecule has 0 bridgehead atoms. The summed E-state index contributed by atoms with van der Waals surface area (Å²) >= 11 is 0. The minimum atomic E-state index is -0.197. The number of guanidine groups is 1. The molecule has 1 aromatic carbocycles. The van der Waals surface area contributed by atoms with Crippen molar-refractivity contribution in [2.24, 2.45) is 12.0 Å². The second-order valence-electron chi connectivity index (χ2n) is 5.73. The van der Waals surface area contributed by atoms with E-state index in [1.165, 1.54) is 12.1 Å². The number of halogens is 1. The van der Waals surface area contributed by atoms with Crippen LogP contribution in [-0.4, -0.2) is 46.4 Å². The predicted octanol–water partition coefficient (Wildman–Crippen LogP) is 1.62. The number of carbonyl (C=O) groups is 1. The van der Waals surface area contributed by atoms with Crippen molar-refractivity contribution in [3.8, 4) is 5.75 Å². The van der Waals surface area contributed by atoms with Crippen LogP contribution in [0.4, 0.5) is 0 Å². The van der Waals surface area contributed by atoms with Crippen LogP contribution >= 0.6 is 24.0 Å². The van der Waals surface area contributed by atoms with Crippen LogP contribution in [0.25, 0.3) is 0 Å². The van der Waals surface area contributed by atoms with E-state index in [4.69, 9.17) is 0 Å². The summed E-state index contributed by atoms with van der Waals surface area (Å²) in [7, 11) is 1.89. The first kappa shape index (κ1) is 22.7. The van der Waals surface area contributed by atoms with E-state index in [1.807, 2.05) is 20.0 Å². The molecule has 1 aromatic heterocycles. The molecule has 148 valence electrons. The summed E-state index contributed by atoms with van der Waals surface area (Å²) in [6.07, 6.45) is 2.50. The van der Waals surface area contributed by atoms with E-state index in [9.17, 15) is 9.90 Å². The normalized spacial score (nSPS) is 10.8. The monoisotopic (exact) mass is 486 g/mol. The van der Waals surface area contributed by atoms with Crippen LogP contribution in [0, 0.1) is 0 Å². The quantitative estimate of drug-likeness (QED) is 0.197. The smallest absolute Gasteiger partial charge is 0.251 e. The lowest BCUT2D eigenvalue weighted by Crippen LogP contribution is -2.38. The Morgan fingerprint density at radius 2 is 2.00 bits per heavy atom. The molecule has 2 aromatic rings. The summed E-state index contributed by atoms with van der Waals surface area (Å²) in [5, 5.41) is 22.8. The summed E-state index contributed by atoms with van der Waals surface area (Å²) < 4.78 is 1.80. The maximum absolute atomic E-state index is 12.0. The molecule has 1 heterocycles. The molecule has 9 heteroatoms. The molecule has 0 fully saturated rings. The number of benzene rings is 1. The molecule has 0 unspecified atom stereocenters. The van der Waals surface area contributed by atoms with Gasteiger partial charge in [0.15, 0.2) is 5.96 Å². The molecule has 0 saturated carbocycles. The number of carbonyl (C=O) groups excluding carboxylic acids is 1. The van der Waals surface area contributed by atoms with Crippen LogP contribution in [0.5, 0.6) is 5.75 Å². The molecular formula is C18H27IN6O2. The largest absolute Gasteiger partial charge is 0.508 e. The van der Waals surface area contributed by atoms with E-state index in [-0.39, 0.29) is 35.6 Å². The summed E-state index contributed by atoms with van der Waals surface area (Å²) in [5.74, 6) is 0.616. The zero-order valence-corrected chi connectivity index (χ0v) is 17.9. The Hall–Kier alpha value is -2.30. The van der Waals surface area contributed by atoms with Crippen molar-refractivity contribution in [1.29, 1.82) is 0 Å². The van der Waals surface area contributed by atoms with Gasteiger partial charge in [-0.25, -0.2) is 4.99 Å². The number of amides is 1. The highest BCUT2D eigenvalue weighted by Crippen LogP contribution is 2.10. The number of phenolic OH excluding ortho intramolecular Hbond substituents is 1. The van der Waals surface area contributed by atoms with Crippen molar-refractivity contribution in [3.63, 3.8) is 0 Å². The van der Waals surface area contributed by atoms with Gasteiger partial charge >= 0.3 is 0 Å². The number of hydrogen-bond donors (Lipinski definition) is 4. The Bertz CT molecular complexity index is 747. The third-order valence-electron chi connectivity index (χ3n) is 3.71. The van der Waals surface area contributed by atoms with Crippen molar-refractivity contribution in [3.05, 3.63) is 47.8 Å². The number of nitrogens with one attached hydrogen (secondary N) is 3. The Kier molecular flexibility index (Phi) is 10.2. The van der Waals surface area contributed by atoms with E-state index in [0.717, 1.165) is 24.6 Å². The zero-order valence-electron chi connectivity index (χ0n) is 15.6. The zero-order chi connectivity index (χ0) is 18.8. The second-order valence-corrected chi connectivity index (χ2v) is 5.73. The number of rotatable bonds is 8. The van der Waals surface area contributed by atoms with E-state index in [1.54, 1.807) is 23.0 Å². The Balaban J connectivity index is 0.00000364.